The van der Waals surface area contributed by atoms with Crippen molar-refractivity contribution in [3.63, 3.8) is 0 Å². The third-order valence-corrected chi connectivity index (χ3v) is 3.79. The summed E-state index contributed by atoms with van der Waals surface area (Å²) in [4.78, 5) is 32.1. The molecule has 0 N–H and O–H groups in total. The number of benzene rings is 1. The number of pyridine rings is 1. The van der Waals surface area contributed by atoms with Gasteiger partial charge < -0.3 is 9.53 Å². The van der Waals surface area contributed by atoms with Crippen LogP contribution in [-0.2, 0) is 16.1 Å². The van der Waals surface area contributed by atoms with Crippen LogP contribution in [0.3, 0.4) is 0 Å². The molecular formula is C18H18BrN3O3. The Kier molecular flexibility index (Phi) is 6.97. The lowest BCUT2D eigenvalue weighted by Crippen LogP contribution is -2.25. The van der Waals surface area contributed by atoms with E-state index in [-0.39, 0.29) is 17.6 Å². The molecule has 0 spiro atoms. The largest absolute Gasteiger partial charge is 0.385 e. The number of carbonyl (C=O) groups is 1. The van der Waals surface area contributed by atoms with E-state index in [0.717, 1.165) is 12.2 Å². The minimum atomic E-state index is -0.327. The first-order valence-electron chi connectivity index (χ1n) is 7.67. The van der Waals surface area contributed by atoms with Crippen molar-refractivity contribution in [2.24, 2.45) is 0 Å². The minimum Gasteiger partial charge on any atom is -0.385 e. The van der Waals surface area contributed by atoms with E-state index >= 15 is 0 Å². The maximum absolute atomic E-state index is 12.5. The summed E-state index contributed by atoms with van der Waals surface area (Å²) in [6.07, 6.45) is 0.680. The van der Waals surface area contributed by atoms with E-state index in [4.69, 9.17) is 0 Å². The van der Waals surface area contributed by atoms with E-state index < -0.39 is 0 Å². The SMILES string of the molecule is CCOC.O=CCn1c(-c2ccccc2)nc2ccc(Br)nc2c1=O. The summed E-state index contributed by atoms with van der Waals surface area (Å²) in [6.45, 7) is 2.72. The predicted octanol–water partition coefficient (Wildman–Crippen LogP) is 3.07. The number of nitrogens with zero attached hydrogens (tertiary/aromatic N) is 3. The van der Waals surface area contributed by atoms with Gasteiger partial charge in [0.25, 0.3) is 5.56 Å². The maximum Gasteiger partial charge on any atom is 0.280 e. The highest BCUT2D eigenvalue weighted by molar-refractivity contribution is 9.10. The Morgan fingerprint density at radius 1 is 1.16 bits per heavy atom. The second-order valence-corrected chi connectivity index (χ2v) is 5.78. The number of aromatic nitrogens is 3. The summed E-state index contributed by atoms with van der Waals surface area (Å²) in [6, 6.07) is 12.8. The number of halogens is 1. The first-order chi connectivity index (χ1) is 12.1. The van der Waals surface area contributed by atoms with Crippen molar-refractivity contribution in [2.75, 3.05) is 13.7 Å². The van der Waals surface area contributed by atoms with Crippen LogP contribution in [0.25, 0.3) is 22.4 Å². The highest BCUT2D eigenvalue weighted by atomic mass is 79.9. The average molecular weight is 404 g/mol. The lowest BCUT2D eigenvalue weighted by atomic mass is 10.2. The number of hydrogen-bond acceptors (Lipinski definition) is 5. The monoisotopic (exact) mass is 403 g/mol. The smallest absolute Gasteiger partial charge is 0.280 e. The topological polar surface area (TPSA) is 74.1 Å². The van der Waals surface area contributed by atoms with Gasteiger partial charge in [-0.3, -0.25) is 9.36 Å². The second kappa shape index (κ2) is 9.19. The number of fused-ring (bicyclic) bond motifs is 1. The van der Waals surface area contributed by atoms with Crippen molar-refractivity contribution in [2.45, 2.75) is 13.5 Å². The van der Waals surface area contributed by atoms with Crippen molar-refractivity contribution >= 4 is 33.2 Å². The lowest BCUT2D eigenvalue weighted by Gasteiger charge is -2.10. The summed E-state index contributed by atoms with van der Waals surface area (Å²) in [5.74, 6) is 0.462. The van der Waals surface area contributed by atoms with Gasteiger partial charge in [0.2, 0.25) is 0 Å². The van der Waals surface area contributed by atoms with Gasteiger partial charge in [-0.25, -0.2) is 9.97 Å². The van der Waals surface area contributed by atoms with Crippen LogP contribution in [-0.4, -0.2) is 34.5 Å². The van der Waals surface area contributed by atoms with Gasteiger partial charge in [0.1, 0.15) is 16.7 Å². The summed E-state index contributed by atoms with van der Waals surface area (Å²) < 4.78 is 6.43. The van der Waals surface area contributed by atoms with E-state index in [0.29, 0.717) is 22.2 Å². The third kappa shape index (κ3) is 4.58. The summed E-state index contributed by atoms with van der Waals surface area (Å²) in [5, 5.41) is 0. The molecule has 0 amide bonds. The van der Waals surface area contributed by atoms with Crippen LogP contribution in [0.4, 0.5) is 0 Å². The van der Waals surface area contributed by atoms with E-state index in [9.17, 15) is 9.59 Å². The van der Waals surface area contributed by atoms with E-state index in [1.54, 1.807) is 19.2 Å². The van der Waals surface area contributed by atoms with Crippen LogP contribution in [0, 0.1) is 0 Å². The van der Waals surface area contributed by atoms with E-state index in [2.05, 4.69) is 30.6 Å². The quantitative estimate of drug-likeness (QED) is 0.494. The maximum atomic E-state index is 12.5. The standard InChI is InChI=1S/C15H10BrN3O2.C3H8O/c16-12-7-6-11-13(18-12)15(21)19(8-9-20)14(17-11)10-4-2-1-3-5-10;1-3-4-2/h1-7,9H,8H2;3H2,1-2H3. The predicted molar refractivity (Wildman–Crippen MR) is 101 cm³/mol. The van der Waals surface area contributed by atoms with Gasteiger partial charge >= 0.3 is 0 Å². The highest BCUT2D eigenvalue weighted by Crippen LogP contribution is 2.18. The van der Waals surface area contributed by atoms with Gasteiger partial charge in [-0.15, -0.1) is 0 Å². The number of methoxy groups -OCH3 is 1. The Hall–Kier alpha value is -2.38. The van der Waals surface area contributed by atoms with E-state index in [1.807, 2.05) is 37.3 Å². The lowest BCUT2D eigenvalue weighted by molar-refractivity contribution is -0.108. The Bertz CT molecular complexity index is 909. The van der Waals surface area contributed by atoms with Crippen LogP contribution in [0.1, 0.15) is 6.92 Å². The number of ether oxygens (including phenoxy) is 1. The molecule has 0 saturated carbocycles. The summed E-state index contributed by atoms with van der Waals surface area (Å²) in [7, 11) is 1.68. The first-order valence-corrected chi connectivity index (χ1v) is 8.46. The van der Waals surface area contributed by atoms with Gasteiger partial charge in [-0.1, -0.05) is 30.3 Å². The van der Waals surface area contributed by atoms with Gasteiger partial charge in [-0.05, 0) is 35.0 Å². The van der Waals surface area contributed by atoms with Gasteiger partial charge in [0, 0.05) is 19.3 Å². The fourth-order valence-corrected chi connectivity index (χ4v) is 2.44. The Morgan fingerprint density at radius 3 is 2.44 bits per heavy atom. The molecule has 0 aliphatic carbocycles. The normalized spacial score (nSPS) is 10.2. The van der Waals surface area contributed by atoms with Crippen molar-refractivity contribution in [1.82, 2.24) is 14.5 Å². The van der Waals surface area contributed by atoms with Crippen LogP contribution < -0.4 is 5.56 Å². The average Bonchev–Trinajstić information content (AvgIpc) is 2.65. The molecule has 130 valence electrons. The molecule has 3 aromatic rings. The van der Waals surface area contributed by atoms with E-state index in [1.165, 1.54) is 4.57 Å². The molecule has 7 heteroatoms. The second-order valence-electron chi connectivity index (χ2n) is 4.96. The van der Waals surface area contributed by atoms with Crippen LogP contribution in [0.15, 0.2) is 51.9 Å². The van der Waals surface area contributed by atoms with Crippen molar-refractivity contribution < 1.29 is 9.53 Å². The Morgan fingerprint density at radius 2 is 1.84 bits per heavy atom. The van der Waals surface area contributed by atoms with Crippen molar-refractivity contribution in [3.8, 4) is 11.4 Å². The molecule has 0 atom stereocenters. The summed E-state index contributed by atoms with van der Waals surface area (Å²) in [5.41, 5.74) is 1.20. The molecule has 0 radical (unpaired) electrons. The zero-order valence-corrected chi connectivity index (χ0v) is 15.6. The molecule has 0 unspecified atom stereocenters. The number of hydrogen-bond donors (Lipinski definition) is 0. The van der Waals surface area contributed by atoms with Crippen molar-refractivity contribution in [1.29, 1.82) is 0 Å². The molecule has 1 aromatic carbocycles. The molecule has 3 rings (SSSR count). The summed E-state index contributed by atoms with van der Waals surface area (Å²) >= 11 is 3.24. The Labute approximate surface area is 153 Å². The molecular weight excluding hydrogens is 386 g/mol. The number of carbonyl (C=O) groups excluding carboxylic acids is 1. The third-order valence-electron chi connectivity index (χ3n) is 3.35. The zero-order chi connectivity index (χ0) is 18.2. The molecule has 25 heavy (non-hydrogen) atoms. The number of rotatable bonds is 4. The Balaban J connectivity index is 0.000000511. The minimum absolute atomic E-state index is 0.0554. The van der Waals surface area contributed by atoms with Gasteiger partial charge in [0.15, 0.2) is 5.52 Å². The molecule has 0 bridgehead atoms. The fraction of sp³-hybridized carbons (Fsp3) is 0.222. The molecule has 6 nitrogen and oxygen atoms in total. The highest BCUT2D eigenvalue weighted by Gasteiger charge is 2.13. The zero-order valence-electron chi connectivity index (χ0n) is 14.0. The van der Waals surface area contributed by atoms with Crippen LogP contribution in [0.5, 0.6) is 0 Å². The number of aldehydes is 1. The molecule has 0 aliphatic rings. The molecule has 2 aromatic heterocycles. The molecule has 0 aliphatic heterocycles. The molecule has 0 saturated heterocycles. The van der Waals surface area contributed by atoms with Gasteiger partial charge in [-0.2, -0.15) is 0 Å². The molecule has 0 fully saturated rings. The van der Waals surface area contributed by atoms with Crippen LogP contribution in [0.2, 0.25) is 0 Å². The van der Waals surface area contributed by atoms with Crippen molar-refractivity contribution in [3.05, 3.63) is 57.4 Å². The fourth-order valence-electron chi connectivity index (χ4n) is 2.13. The molecule has 2 heterocycles. The van der Waals surface area contributed by atoms with Crippen LogP contribution >= 0.6 is 15.9 Å². The van der Waals surface area contributed by atoms with Gasteiger partial charge in [0.05, 0.1) is 12.1 Å². The first kappa shape index (κ1) is 19.0.